The zero-order chi connectivity index (χ0) is 13.9. The quantitative estimate of drug-likeness (QED) is 0.723. The molecule has 2 rings (SSSR count). The second-order valence-corrected chi connectivity index (χ2v) is 7.84. The smallest absolute Gasteiger partial charge is 0.223 e. The van der Waals surface area contributed by atoms with Gasteiger partial charge in [-0.2, -0.15) is 0 Å². The van der Waals surface area contributed by atoms with E-state index < -0.39 is 9.84 Å². The third-order valence-corrected chi connectivity index (χ3v) is 5.73. The number of hydrogen-bond acceptors (Lipinski definition) is 3. The molecule has 0 bridgehead atoms. The summed E-state index contributed by atoms with van der Waals surface area (Å²) >= 11 is 0. The van der Waals surface area contributed by atoms with Gasteiger partial charge in [-0.1, -0.05) is 19.1 Å². The van der Waals surface area contributed by atoms with Gasteiger partial charge >= 0.3 is 0 Å². The molecule has 1 amide bonds. The summed E-state index contributed by atoms with van der Waals surface area (Å²) in [5.41, 5.74) is 0. The first-order valence-electron chi connectivity index (χ1n) is 7.18. The summed E-state index contributed by atoms with van der Waals surface area (Å²) in [5.74, 6) is 0.860. The molecule has 1 aliphatic heterocycles. The van der Waals surface area contributed by atoms with Gasteiger partial charge in [-0.05, 0) is 31.6 Å². The lowest BCUT2D eigenvalue weighted by molar-refractivity contribution is -0.133. The zero-order valence-corrected chi connectivity index (χ0v) is 12.4. The molecule has 5 heteroatoms. The fourth-order valence-electron chi connectivity index (χ4n) is 2.98. The first-order valence-corrected chi connectivity index (χ1v) is 9.00. The van der Waals surface area contributed by atoms with Crippen LogP contribution in [0.3, 0.4) is 0 Å². The van der Waals surface area contributed by atoms with Gasteiger partial charge in [0.25, 0.3) is 0 Å². The summed E-state index contributed by atoms with van der Waals surface area (Å²) < 4.78 is 23.1. The van der Waals surface area contributed by atoms with E-state index in [1.807, 2.05) is 11.8 Å². The number of sulfone groups is 1. The fourth-order valence-corrected chi connectivity index (χ4v) is 4.71. The van der Waals surface area contributed by atoms with Crippen molar-refractivity contribution >= 4 is 15.7 Å². The highest BCUT2D eigenvalue weighted by atomic mass is 32.2. The molecule has 1 aliphatic carbocycles. The molecule has 0 aromatic heterocycles. The standard InChI is InChI=1S/C14H23NO3S/c1-2-8-15(13-7-9-19(17,18)11-13)14(16)10-12-5-3-4-6-12/h3,5,12-13H,2,4,6-11H2,1H3/t12-,13-/m0/s1. The highest BCUT2D eigenvalue weighted by Gasteiger charge is 2.34. The molecule has 4 nitrogen and oxygen atoms in total. The van der Waals surface area contributed by atoms with Gasteiger partial charge < -0.3 is 4.90 Å². The monoisotopic (exact) mass is 285 g/mol. The van der Waals surface area contributed by atoms with E-state index in [-0.39, 0.29) is 23.5 Å². The van der Waals surface area contributed by atoms with Crippen molar-refractivity contribution in [1.82, 2.24) is 4.90 Å². The number of amides is 1. The normalized spacial score (nSPS) is 28.7. The third kappa shape index (κ3) is 3.81. The molecule has 2 aliphatic rings. The minimum absolute atomic E-state index is 0.0946. The van der Waals surface area contributed by atoms with Gasteiger partial charge in [0.2, 0.25) is 5.91 Å². The largest absolute Gasteiger partial charge is 0.339 e. The van der Waals surface area contributed by atoms with E-state index in [0.717, 1.165) is 19.3 Å². The van der Waals surface area contributed by atoms with E-state index in [1.165, 1.54) is 0 Å². The molecule has 0 radical (unpaired) electrons. The molecule has 0 aromatic rings. The van der Waals surface area contributed by atoms with Crippen molar-refractivity contribution < 1.29 is 13.2 Å². The maximum Gasteiger partial charge on any atom is 0.223 e. The molecular weight excluding hydrogens is 262 g/mol. The predicted octanol–water partition coefficient (Wildman–Crippen LogP) is 1.77. The Morgan fingerprint density at radius 3 is 2.68 bits per heavy atom. The van der Waals surface area contributed by atoms with E-state index >= 15 is 0 Å². The maximum atomic E-state index is 12.4. The van der Waals surface area contributed by atoms with Crippen LogP contribution in [-0.4, -0.2) is 43.3 Å². The molecule has 2 atom stereocenters. The van der Waals surface area contributed by atoms with Gasteiger partial charge in [0.15, 0.2) is 9.84 Å². The molecule has 0 unspecified atom stereocenters. The predicted molar refractivity (Wildman–Crippen MR) is 75.5 cm³/mol. The molecule has 19 heavy (non-hydrogen) atoms. The number of rotatable bonds is 5. The minimum Gasteiger partial charge on any atom is -0.339 e. The Bertz CT molecular complexity index is 455. The molecule has 0 N–H and O–H groups in total. The van der Waals surface area contributed by atoms with Crippen molar-refractivity contribution in [3.05, 3.63) is 12.2 Å². The first kappa shape index (κ1) is 14.6. The summed E-state index contributed by atoms with van der Waals surface area (Å²) in [6.07, 6.45) is 8.37. The van der Waals surface area contributed by atoms with E-state index in [1.54, 1.807) is 0 Å². The zero-order valence-electron chi connectivity index (χ0n) is 11.5. The van der Waals surface area contributed by atoms with Crippen molar-refractivity contribution in [3.8, 4) is 0 Å². The van der Waals surface area contributed by atoms with Gasteiger partial charge in [-0.15, -0.1) is 0 Å². The van der Waals surface area contributed by atoms with Crippen molar-refractivity contribution in [2.45, 2.75) is 45.1 Å². The van der Waals surface area contributed by atoms with E-state index in [9.17, 15) is 13.2 Å². The Morgan fingerprint density at radius 2 is 2.16 bits per heavy atom. The van der Waals surface area contributed by atoms with Crippen LogP contribution in [-0.2, 0) is 14.6 Å². The summed E-state index contributed by atoms with van der Waals surface area (Å²) in [6, 6.07) is -0.0946. The van der Waals surface area contributed by atoms with Gasteiger partial charge in [-0.25, -0.2) is 8.42 Å². The second kappa shape index (κ2) is 6.07. The highest BCUT2D eigenvalue weighted by Crippen LogP contribution is 2.24. The lowest BCUT2D eigenvalue weighted by Crippen LogP contribution is -2.42. The van der Waals surface area contributed by atoms with Gasteiger partial charge in [-0.3, -0.25) is 4.79 Å². The van der Waals surface area contributed by atoms with Gasteiger partial charge in [0.05, 0.1) is 11.5 Å². The number of carbonyl (C=O) groups is 1. The van der Waals surface area contributed by atoms with Gasteiger partial charge in [0, 0.05) is 19.0 Å². The first-order chi connectivity index (χ1) is 9.02. The van der Waals surface area contributed by atoms with Crippen LogP contribution < -0.4 is 0 Å². The molecule has 1 heterocycles. The van der Waals surface area contributed by atoms with Crippen LogP contribution in [0, 0.1) is 5.92 Å². The third-order valence-electron chi connectivity index (χ3n) is 3.98. The molecule has 1 saturated heterocycles. The van der Waals surface area contributed by atoms with Crippen LogP contribution in [0.2, 0.25) is 0 Å². The molecule has 0 saturated carbocycles. The number of allylic oxidation sites excluding steroid dienone is 2. The number of nitrogens with zero attached hydrogens (tertiary/aromatic N) is 1. The van der Waals surface area contributed by atoms with Crippen LogP contribution in [0.25, 0.3) is 0 Å². The Balaban J connectivity index is 1.98. The summed E-state index contributed by atoms with van der Waals surface area (Å²) in [6.45, 7) is 2.70. The van der Waals surface area contributed by atoms with Gasteiger partial charge in [0.1, 0.15) is 0 Å². The summed E-state index contributed by atoms with van der Waals surface area (Å²) in [4.78, 5) is 14.2. The Hall–Kier alpha value is -0.840. The molecule has 0 aromatic carbocycles. The summed E-state index contributed by atoms with van der Waals surface area (Å²) in [5, 5.41) is 0. The van der Waals surface area contributed by atoms with Crippen molar-refractivity contribution in [2.75, 3.05) is 18.1 Å². The average molecular weight is 285 g/mol. The Kier molecular flexibility index (Phi) is 4.66. The summed E-state index contributed by atoms with van der Waals surface area (Å²) in [7, 11) is -2.93. The van der Waals surface area contributed by atoms with Crippen LogP contribution in [0.4, 0.5) is 0 Å². The van der Waals surface area contributed by atoms with Crippen LogP contribution in [0.5, 0.6) is 0 Å². The topological polar surface area (TPSA) is 54.5 Å². The fraction of sp³-hybridized carbons (Fsp3) is 0.786. The van der Waals surface area contributed by atoms with E-state index in [4.69, 9.17) is 0 Å². The number of carbonyl (C=O) groups excluding carboxylic acids is 1. The van der Waals surface area contributed by atoms with Crippen LogP contribution >= 0.6 is 0 Å². The van der Waals surface area contributed by atoms with Crippen LogP contribution in [0.15, 0.2) is 12.2 Å². The van der Waals surface area contributed by atoms with Crippen molar-refractivity contribution in [2.24, 2.45) is 5.92 Å². The van der Waals surface area contributed by atoms with E-state index in [2.05, 4.69) is 12.2 Å². The Labute approximate surface area is 115 Å². The SMILES string of the molecule is CCCN(C(=O)C[C@H]1C=CCC1)[C@H]1CCS(=O)(=O)C1. The molecule has 108 valence electrons. The van der Waals surface area contributed by atoms with Crippen molar-refractivity contribution in [1.29, 1.82) is 0 Å². The second-order valence-electron chi connectivity index (χ2n) is 5.61. The molecule has 0 spiro atoms. The number of hydrogen-bond donors (Lipinski definition) is 0. The minimum atomic E-state index is -2.93. The van der Waals surface area contributed by atoms with Crippen molar-refractivity contribution in [3.63, 3.8) is 0 Å². The lowest BCUT2D eigenvalue weighted by atomic mass is 10.0. The van der Waals surface area contributed by atoms with E-state index in [0.29, 0.717) is 25.3 Å². The lowest BCUT2D eigenvalue weighted by Gasteiger charge is -2.28. The van der Waals surface area contributed by atoms with Crippen LogP contribution in [0.1, 0.15) is 39.0 Å². The maximum absolute atomic E-state index is 12.4. The molecular formula is C14H23NO3S. The average Bonchev–Trinajstić information content (AvgIpc) is 2.95. The Morgan fingerprint density at radius 1 is 1.37 bits per heavy atom. The highest BCUT2D eigenvalue weighted by molar-refractivity contribution is 7.91. The molecule has 1 fully saturated rings.